The van der Waals surface area contributed by atoms with Gasteiger partial charge in [0.25, 0.3) is 0 Å². The monoisotopic (exact) mass is 323 g/mol. The van der Waals surface area contributed by atoms with Gasteiger partial charge in [-0.15, -0.1) is 12.3 Å². The van der Waals surface area contributed by atoms with Crippen molar-refractivity contribution in [1.82, 2.24) is 5.32 Å². The van der Waals surface area contributed by atoms with E-state index in [2.05, 4.69) is 11.2 Å². The molecule has 0 aliphatic heterocycles. The quantitative estimate of drug-likeness (QED) is 0.711. The zero-order chi connectivity index (χ0) is 16.4. The molecular weight excluding hydrogens is 302 g/mol. The highest BCUT2D eigenvalue weighted by Gasteiger charge is 2.24. The molecule has 0 aromatic heterocycles. The van der Waals surface area contributed by atoms with Gasteiger partial charge in [0.05, 0.1) is 12.2 Å². The second-order valence-electron chi connectivity index (χ2n) is 5.28. The maximum atomic E-state index is 11.4. The SMILES string of the molecule is C#CCC(C)(CCNC(=O)COC)OCc1cccc(Cl)c1. The second kappa shape index (κ2) is 9.47. The predicted octanol–water partition coefficient (Wildman–Crippen LogP) is 2.79. The van der Waals surface area contributed by atoms with Gasteiger partial charge in [-0.05, 0) is 31.0 Å². The summed E-state index contributed by atoms with van der Waals surface area (Å²) in [6, 6.07) is 7.50. The topological polar surface area (TPSA) is 47.6 Å². The lowest BCUT2D eigenvalue weighted by Gasteiger charge is -2.28. The Labute approximate surface area is 137 Å². The Morgan fingerprint density at radius 2 is 2.27 bits per heavy atom. The molecule has 0 fully saturated rings. The Bertz CT molecular complexity index is 527. The zero-order valence-electron chi connectivity index (χ0n) is 13.0. The summed E-state index contributed by atoms with van der Waals surface area (Å²) >= 11 is 5.96. The van der Waals surface area contributed by atoms with E-state index in [0.29, 0.717) is 31.0 Å². The Kier molecular flexibility index (Phi) is 7.97. The van der Waals surface area contributed by atoms with E-state index in [1.165, 1.54) is 7.11 Å². The molecule has 1 atom stereocenters. The first-order valence-corrected chi connectivity index (χ1v) is 7.44. The predicted molar refractivity (Wildman–Crippen MR) is 87.6 cm³/mol. The number of nitrogens with one attached hydrogen (secondary N) is 1. The molecule has 5 heteroatoms. The van der Waals surface area contributed by atoms with Crippen molar-refractivity contribution in [3.05, 3.63) is 34.9 Å². The molecule has 0 saturated heterocycles. The van der Waals surface area contributed by atoms with Crippen molar-refractivity contribution in [1.29, 1.82) is 0 Å². The van der Waals surface area contributed by atoms with Crippen molar-refractivity contribution < 1.29 is 14.3 Å². The van der Waals surface area contributed by atoms with Gasteiger partial charge in [-0.1, -0.05) is 23.7 Å². The summed E-state index contributed by atoms with van der Waals surface area (Å²) < 4.78 is 10.7. The molecule has 1 N–H and O–H groups in total. The molecule has 1 unspecified atom stereocenters. The number of carbonyl (C=O) groups excluding carboxylic acids is 1. The minimum absolute atomic E-state index is 0.0508. The van der Waals surface area contributed by atoms with Crippen molar-refractivity contribution in [2.45, 2.75) is 32.0 Å². The average Bonchev–Trinajstić information content (AvgIpc) is 2.46. The number of hydrogen-bond donors (Lipinski definition) is 1. The highest BCUT2D eigenvalue weighted by Crippen LogP contribution is 2.22. The maximum Gasteiger partial charge on any atom is 0.245 e. The van der Waals surface area contributed by atoms with Gasteiger partial charge in [-0.25, -0.2) is 0 Å². The third-order valence-corrected chi connectivity index (χ3v) is 3.44. The van der Waals surface area contributed by atoms with E-state index < -0.39 is 5.60 Å². The van der Waals surface area contributed by atoms with Crippen molar-refractivity contribution in [3.8, 4) is 12.3 Å². The smallest absolute Gasteiger partial charge is 0.245 e. The van der Waals surface area contributed by atoms with E-state index in [1.807, 2.05) is 31.2 Å². The number of halogens is 1. The summed E-state index contributed by atoms with van der Waals surface area (Å²) in [5.41, 5.74) is 0.483. The number of rotatable bonds is 9. The summed E-state index contributed by atoms with van der Waals surface area (Å²) in [5.74, 6) is 2.48. The van der Waals surface area contributed by atoms with Crippen LogP contribution in [0.5, 0.6) is 0 Å². The van der Waals surface area contributed by atoms with Crippen LogP contribution in [-0.4, -0.2) is 31.8 Å². The molecule has 1 amide bonds. The highest BCUT2D eigenvalue weighted by molar-refractivity contribution is 6.30. The van der Waals surface area contributed by atoms with Crippen LogP contribution >= 0.6 is 11.6 Å². The Balaban J connectivity index is 2.51. The van der Waals surface area contributed by atoms with Gasteiger partial charge >= 0.3 is 0 Å². The van der Waals surface area contributed by atoms with Crippen LogP contribution in [0.25, 0.3) is 0 Å². The molecule has 120 valence electrons. The summed E-state index contributed by atoms with van der Waals surface area (Å²) in [5, 5.41) is 3.44. The molecule has 0 aliphatic rings. The molecule has 0 aliphatic carbocycles. The standard InChI is InChI=1S/C17H22ClNO3/c1-4-8-17(2,9-10-19-16(20)13-21-3)22-12-14-6-5-7-15(18)11-14/h1,5-7,11H,8-10,12-13H2,2-3H3,(H,19,20). The van der Waals surface area contributed by atoms with Gasteiger partial charge in [-0.2, -0.15) is 0 Å². The Hall–Kier alpha value is -1.54. The molecule has 1 aromatic carbocycles. The van der Waals surface area contributed by atoms with Crippen LogP contribution < -0.4 is 5.32 Å². The van der Waals surface area contributed by atoms with Gasteiger partial charge in [-0.3, -0.25) is 4.79 Å². The van der Waals surface area contributed by atoms with Crippen LogP contribution in [0.3, 0.4) is 0 Å². The summed E-state index contributed by atoms with van der Waals surface area (Å²) in [6.07, 6.45) is 6.51. The minimum atomic E-state index is -0.503. The Morgan fingerprint density at radius 3 is 2.91 bits per heavy atom. The Morgan fingerprint density at radius 1 is 1.50 bits per heavy atom. The summed E-state index contributed by atoms with van der Waals surface area (Å²) in [6.45, 7) is 2.90. The summed E-state index contributed by atoms with van der Waals surface area (Å²) in [4.78, 5) is 11.4. The van der Waals surface area contributed by atoms with E-state index >= 15 is 0 Å². The number of amides is 1. The van der Waals surface area contributed by atoms with Crippen molar-refractivity contribution >= 4 is 17.5 Å². The molecule has 0 bridgehead atoms. The molecular formula is C17H22ClNO3. The molecule has 1 aromatic rings. The lowest BCUT2D eigenvalue weighted by Crippen LogP contribution is -2.36. The van der Waals surface area contributed by atoms with Crippen LogP contribution in [0.15, 0.2) is 24.3 Å². The fourth-order valence-electron chi connectivity index (χ4n) is 1.96. The van der Waals surface area contributed by atoms with Crippen molar-refractivity contribution in [2.75, 3.05) is 20.3 Å². The first kappa shape index (κ1) is 18.5. The van der Waals surface area contributed by atoms with E-state index in [4.69, 9.17) is 27.5 Å². The van der Waals surface area contributed by atoms with Gasteiger partial charge in [0.15, 0.2) is 0 Å². The normalized spacial score (nSPS) is 13.2. The van der Waals surface area contributed by atoms with Crippen molar-refractivity contribution in [2.24, 2.45) is 0 Å². The number of hydrogen-bond acceptors (Lipinski definition) is 3. The summed E-state index contributed by atoms with van der Waals surface area (Å²) in [7, 11) is 1.48. The van der Waals surface area contributed by atoms with Gasteiger partial charge in [0.2, 0.25) is 5.91 Å². The third-order valence-electron chi connectivity index (χ3n) is 3.20. The van der Waals surface area contributed by atoms with E-state index in [9.17, 15) is 4.79 Å². The molecule has 1 rings (SSSR count). The van der Waals surface area contributed by atoms with E-state index in [-0.39, 0.29) is 12.5 Å². The average molecular weight is 324 g/mol. The molecule has 22 heavy (non-hydrogen) atoms. The van der Waals surface area contributed by atoms with Crippen LogP contribution in [0, 0.1) is 12.3 Å². The molecule has 0 spiro atoms. The lowest BCUT2D eigenvalue weighted by atomic mass is 9.98. The molecule has 0 heterocycles. The van der Waals surface area contributed by atoms with Crippen LogP contribution in [0.2, 0.25) is 5.02 Å². The van der Waals surface area contributed by atoms with E-state index in [0.717, 1.165) is 5.56 Å². The first-order valence-electron chi connectivity index (χ1n) is 7.06. The van der Waals surface area contributed by atoms with Crippen LogP contribution in [-0.2, 0) is 20.9 Å². The zero-order valence-corrected chi connectivity index (χ0v) is 13.8. The maximum absolute atomic E-state index is 11.4. The largest absolute Gasteiger partial charge is 0.375 e. The number of terminal acetylenes is 1. The lowest BCUT2D eigenvalue weighted by molar-refractivity contribution is -0.125. The van der Waals surface area contributed by atoms with Gasteiger partial charge < -0.3 is 14.8 Å². The van der Waals surface area contributed by atoms with Crippen LogP contribution in [0.4, 0.5) is 0 Å². The highest BCUT2D eigenvalue weighted by atomic mass is 35.5. The second-order valence-corrected chi connectivity index (χ2v) is 5.72. The fraction of sp³-hybridized carbons (Fsp3) is 0.471. The number of carbonyl (C=O) groups is 1. The van der Waals surface area contributed by atoms with E-state index in [1.54, 1.807) is 0 Å². The minimum Gasteiger partial charge on any atom is -0.375 e. The number of benzene rings is 1. The van der Waals surface area contributed by atoms with Crippen molar-refractivity contribution in [3.63, 3.8) is 0 Å². The van der Waals surface area contributed by atoms with Crippen LogP contribution in [0.1, 0.15) is 25.3 Å². The van der Waals surface area contributed by atoms with Gasteiger partial charge in [0.1, 0.15) is 6.61 Å². The molecule has 4 nitrogen and oxygen atoms in total. The third kappa shape index (κ3) is 6.95. The van der Waals surface area contributed by atoms with Gasteiger partial charge in [0, 0.05) is 25.1 Å². The fourth-order valence-corrected chi connectivity index (χ4v) is 2.17. The molecule has 0 radical (unpaired) electrons. The number of methoxy groups -OCH3 is 1. The molecule has 0 saturated carbocycles. The number of ether oxygens (including phenoxy) is 2. The first-order chi connectivity index (χ1) is 10.5.